The Balaban J connectivity index is 1.82. The molecular weight excluding hydrogens is 555 g/mol. The normalized spacial score (nSPS) is 11.3. The number of fused-ring (bicyclic) bond motifs is 1. The Morgan fingerprint density at radius 2 is 2.03 bits per heavy atom. The molecule has 0 N–H and O–H groups in total. The zero-order valence-electron chi connectivity index (χ0n) is 19.0. The van der Waals surface area contributed by atoms with Crippen LogP contribution in [0.1, 0.15) is 30.3 Å². The summed E-state index contributed by atoms with van der Waals surface area (Å²) in [6, 6.07) is 13.7. The van der Waals surface area contributed by atoms with Crippen LogP contribution in [0.2, 0.25) is 5.02 Å². The minimum atomic E-state index is -0.649. The van der Waals surface area contributed by atoms with Crippen molar-refractivity contribution in [3.63, 3.8) is 0 Å². The monoisotopic (exact) mass is 572 g/mol. The number of rotatable bonds is 8. The largest absolute Gasteiger partial charge is 0.481 e. The maximum absolute atomic E-state index is 14.1. The average Bonchev–Trinajstić information content (AvgIpc) is 2.84. The van der Waals surface area contributed by atoms with E-state index in [0.717, 1.165) is 10.7 Å². The summed E-state index contributed by atoms with van der Waals surface area (Å²) in [6.07, 6.45) is 2.44. The lowest BCUT2D eigenvalue weighted by Gasteiger charge is -2.12. The highest BCUT2D eigenvalue weighted by atomic mass is 79.9. The Morgan fingerprint density at radius 3 is 2.75 bits per heavy atom. The molecule has 1 heterocycles. The Bertz CT molecular complexity index is 1560. The Morgan fingerprint density at radius 1 is 1.25 bits per heavy atom. The molecule has 0 spiro atoms. The fourth-order valence-corrected chi connectivity index (χ4v) is 4.16. The van der Waals surface area contributed by atoms with E-state index in [-0.39, 0.29) is 28.5 Å². The molecule has 0 unspecified atom stereocenters. The first-order valence-corrected chi connectivity index (χ1v) is 12.0. The van der Waals surface area contributed by atoms with Gasteiger partial charge in [0.1, 0.15) is 18.2 Å². The molecule has 4 rings (SSSR count). The van der Waals surface area contributed by atoms with Gasteiger partial charge in [-0.2, -0.15) is 9.78 Å². The first-order chi connectivity index (χ1) is 17.3. The number of nitro groups is 1. The predicted octanol–water partition coefficient (Wildman–Crippen LogP) is 6.27. The van der Waals surface area contributed by atoms with E-state index in [1.807, 2.05) is 6.92 Å². The fraction of sp³-hybridized carbons (Fsp3) is 0.160. The van der Waals surface area contributed by atoms with Gasteiger partial charge < -0.3 is 4.74 Å². The number of nitrogens with zero attached hydrogens (tertiary/aromatic N) is 4. The molecule has 0 aliphatic carbocycles. The number of hydrogen-bond donors (Lipinski definition) is 0. The van der Waals surface area contributed by atoms with Crippen molar-refractivity contribution in [3.05, 3.63) is 107 Å². The molecule has 0 saturated heterocycles. The smallest absolute Gasteiger partial charge is 0.313 e. The highest BCUT2D eigenvalue weighted by molar-refractivity contribution is 9.10. The Hall–Kier alpha value is -3.63. The molecule has 0 amide bonds. The molecule has 36 heavy (non-hydrogen) atoms. The van der Waals surface area contributed by atoms with E-state index in [0.29, 0.717) is 34.0 Å². The third-order valence-corrected chi connectivity index (χ3v) is 5.96. The van der Waals surface area contributed by atoms with Gasteiger partial charge >= 0.3 is 5.69 Å². The second-order valence-electron chi connectivity index (χ2n) is 7.78. The van der Waals surface area contributed by atoms with Crippen molar-refractivity contribution in [1.29, 1.82) is 0 Å². The van der Waals surface area contributed by atoms with E-state index in [2.05, 4.69) is 26.0 Å². The molecule has 0 aliphatic rings. The van der Waals surface area contributed by atoms with Gasteiger partial charge in [0, 0.05) is 33.1 Å². The third kappa shape index (κ3) is 5.44. The topological polar surface area (TPSA) is 99.6 Å². The van der Waals surface area contributed by atoms with Crippen LogP contribution in [0.4, 0.5) is 10.1 Å². The molecule has 0 radical (unpaired) electrons. The molecule has 3 aromatic carbocycles. The molecular formula is C25H19BrClFN4O4. The summed E-state index contributed by atoms with van der Waals surface area (Å²) < 4.78 is 21.7. The van der Waals surface area contributed by atoms with Gasteiger partial charge in [0.25, 0.3) is 5.56 Å². The van der Waals surface area contributed by atoms with Gasteiger partial charge in [-0.25, -0.2) is 9.37 Å². The third-order valence-electron chi connectivity index (χ3n) is 5.25. The van der Waals surface area contributed by atoms with Crippen LogP contribution in [0.25, 0.3) is 10.9 Å². The van der Waals surface area contributed by atoms with Gasteiger partial charge in [-0.05, 0) is 36.8 Å². The van der Waals surface area contributed by atoms with Crippen LogP contribution in [-0.2, 0) is 13.0 Å². The quantitative estimate of drug-likeness (QED) is 0.140. The first kappa shape index (κ1) is 25.5. The zero-order valence-corrected chi connectivity index (χ0v) is 21.3. The average molecular weight is 574 g/mol. The number of ether oxygens (including phenoxy) is 1. The lowest BCUT2D eigenvalue weighted by atomic mass is 10.1. The fourth-order valence-electron chi connectivity index (χ4n) is 3.57. The number of halogens is 3. The maximum atomic E-state index is 14.1. The highest BCUT2D eigenvalue weighted by Gasteiger charge is 2.21. The number of hydrogen-bond acceptors (Lipinski definition) is 6. The summed E-state index contributed by atoms with van der Waals surface area (Å²) in [5.41, 5.74) is 0.0864. The summed E-state index contributed by atoms with van der Waals surface area (Å²) in [5, 5.41) is 16.5. The number of aromatic nitrogens is 2. The summed E-state index contributed by atoms with van der Waals surface area (Å²) >= 11 is 9.49. The van der Waals surface area contributed by atoms with Crippen LogP contribution in [0, 0.1) is 15.9 Å². The highest BCUT2D eigenvalue weighted by Crippen LogP contribution is 2.34. The van der Waals surface area contributed by atoms with Crippen molar-refractivity contribution in [2.24, 2.45) is 5.10 Å². The van der Waals surface area contributed by atoms with E-state index < -0.39 is 22.0 Å². The van der Waals surface area contributed by atoms with Crippen molar-refractivity contribution in [2.45, 2.75) is 26.4 Å². The summed E-state index contributed by atoms with van der Waals surface area (Å²) in [4.78, 5) is 28.9. The van der Waals surface area contributed by atoms with E-state index in [9.17, 15) is 19.3 Å². The maximum Gasteiger partial charge on any atom is 0.313 e. The van der Waals surface area contributed by atoms with Crippen molar-refractivity contribution < 1.29 is 14.1 Å². The van der Waals surface area contributed by atoms with Gasteiger partial charge in [0.05, 0.1) is 22.0 Å². The van der Waals surface area contributed by atoms with E-state index in [1.165, 1.54) is 30.5 Å². The first-order valence-electron chi connectivity index (χ1n) is 10.9. The SMILES string of the molecule is CCCc1nc2ccc(Br)cc2c(=O)n1N=Cc1cc(Cl)cc([N+](=O)[O-])c1OCc1ccccc1F. The minimum Gasteiger partial charge on any atom is -0.481 e. The van der Waals surface area contributed by atoms with Crippen molar-refractivity contribution in [2.75, 3.05) is 0 Å². The van der Waals surface area contributed by atoms with Crippen molar-refractivity contribution >= 4 is 50.3 Å². The Labute approximate surface area is 218 Å². The molecule has 4 aromatic rings. The van der Waals surface area contributed by atoms with Gasteiger partial charge in [-0.15, -0.1) is 0 Å². The predicted molar refractivity (Wildman–Crippen MR) is 140 cm³/mol. The van der Waals surface area contributed by atoms with E-state index >= 15 is 0 Å². The lowest BCUT2D eigenvalue weighted by molar-refractivity contribution is -0.385. The van der Waals surface area contributed by atoms with Crippen LogP contribution >= 0.6 is 27.5 Å². The molecule has 0 saturated carbocycles. The van der Waals surface area contributed by atoms with Crippen molar-refractivity contribution in [1.82, 2.24) is 9.66 Å². The minimum absolute atomic E-state index is 0.0723. The molecule has 0 atom stereocenters. The molecule has 0 bridgehead atoms. The molecule has 0 fully saturated rings. The van der Waals surface area contributed by atoms with Gasteiger partial charge in [-0.3, -0.25) is 14.9 Å². The molecule has 184 valence electrons. The second kappa shape index (κ2) is 11.0. The van der Waals surface area contributed by atoms with E-state index in [4.69, 9.17) is 16.3 Å². The summed E-state index contributed by atoms with van der Waals surface area (Å²) in [7, 11) is 0. The standard InChI is InChI=1S/C25H19BrClFN4O4/c1-2-5-23-30-21-9-8-17(26)11-19(21)25(33)31(23)29-13-16-10-18(27)12-22(32(34)35)24(16)36-14-15-6-3-4-7-20(15)28/h3-4,6-13H,2,5,14H2,1H3. The van der Waals surface area contributed by atoms with Crippen LogP contribution in [0.5, 0.6) is 5.75 Å². The summed E-state index contributed by atoms with van der Waals surface area (Å²) in [5.74, 6) is -0.231. The number of benzene rings is 3. The number of aryl methyl sites for hydroxylation is 1. The zero-order chi connectivity index (χ0) is 25.8. The van der Waals surface area contributed by atoms with Crippen LogP contribution < -0.4 is 10.3 Å². The van der Waals surface area contributed by atoms with E-state index in [1.54, 1.807) is 24.3 Å². The van der Waals surface area contributed by atoms with Crippen LogP contribution in [-0.4, -0.2) is 20.8 Å². The van der Waals surface area contributed by atoms with Gasteiger partial charge in [-0.1, -0.05) is 52.7 Å². The molecule has 8 nitrogen and oxygen atoms in total. The summed E-state index contributed by atoms with van der Waals surface area (Å²) in [6.45, 7) is 1.68. The van der Waals surface area contributed by atoms with Gasteiger partial charge in [0.15, 0.2) is 0 Å². The Kier molecular flexibility index (Phi) is 7.76. The molecule has 1 aromatic heterocycles. The molecule has 0 aliphatic heterocycles. The molecule has 11 heteroatoms. The van der Waals surface area contributed by atoms with Crippen LogP contribution in [0.15, 0.2) is 69.0 Å². The lowest BCUT2D eigenvalue weighted by Crippen LogP contribution is -2.22. The number of nitro benzene ring substituents is 1. The van der Waals surface area contributed by atoms with Crippen molar-refractivity contribution in [3.8, 4) is 5.75 Å². The van der Waals surface area contributed by atoms with Crippen LogP contribution in [0.3, 0.4) is 0 Å². The second-order valence-corrected chi connectivity index (χ2v) is 9.13. The van der Waals surface area contributed by atoms with Gasteiger partial charge in [0.2, 0.25) is 5.75 Å².